The number of likely N-dealkylation sites (N-methyl/N-ethyl adjacent to an activating group) is 1. The zero-order chi connectivity index (χ0) is 61.1. The number of hydrogen-bond acceptors (Lipinski definition) is 15. The Kier molecular flexibility index (Phi) is 16.9. The molecule has 11 rings (SSSR count). The highest BCUT2D eigenvalue weighted by molar-refractivity contribution is 6.31. The highest BCUT2D eigenvalue weighted by atomic mass is 35.5. The second kappa shape index (κ2) is 23.9. The number of halogens is 9. The molecule has 2 aliphatic rings. The summed E-state index contributed by atoms with van der Waals surface area (Å²) >= 11 is 6.04. The molecule has 0 aromatic carbocycles. The van der Waals surface area contributed by atoms with Crippen molar-refractivity contribution in [2.24, 2.45) is 0 Å². The maximum Gasteiger partial charge on any atom is 0.405 e. The molecule has 442 valence electrons. The van der Waals surface area contributed by atoms with Crippen LogP contribution in [0.5, 0.6) is 0 Å². The Labute approximate surface area is 482 Å². The highest BCUT2D eigenvalue weighted by Crippen LogP contribution is 2.44. The number of pyridine rings is 3. The van der Waals surface area contributed by atoms with Crippen molar-refractivity contribution in [2.45, 2.75) is 75.4 Å². The van der Waals surface area contributed by atoms with Crippen LogP contribution in [0.15, 0.2) is 92.2 Å². The van der Waals surface area contributed by atoms with E-state index >= 15 is 0 Å². The molecule has 3 amide bonds. The van der Waals surface area contributed by atoms with Crippen molar-refractivity contribution in [3.05, 3.63) is 109 Å². The predicted molar refractivity (Wildman–Crippen MR) is 299 cm³/mol. The van der Waals surface area contributed by atoms with Gasteiger partial charge < -0.3 is 46.0 Å². The quantitative estimate of drug-likeness (QED) is 0.0397. The number of carbonyl (C=O) groups excluding carboxylic acids is 3. The molecule has 1 aliphatic carbocycles. The summed E-state index contributed by atoms with van der Waals surface area (Å²) in [5, 5.41) is 12.4. The maximum absolute atomic E-state index is 14.7. The third-order valence-corrected chi connectivity index (χ3v) is 14.2. The van der Waals surface area contributed by atoms with Gasteiger partial charge in [-0.05, 0) is 82.9 Å². The lowest BCUT2D eigenvalue weighted by molar-refractivity contribution is -0.141. The van der Waals surface area contributed by atoms with Crippen LogP contribution in [-0.2, 0) is 14.4 Å². The average molecular weight is 1200 g/mol. The van der Waals surface area contributed by atoms with Crippen LogP contribution < -0.4 is 31.1 Å². The fourth-order valence-corrected chi connectivity index (χ4v) is 9.58. The number of rotatable bonds is 14. The van der Waals surface area contributed by atoms with Gasteiger partial charge in [-0.1, -0.05) is 17.5 Å². The molecule has 2 fully saturated rings. The number of aromatic nitrogens is 12. The molecule has 1 unspecified atom stereocenters. The number of H-pyrrole nitrogens is 3. The lowest BCUT2D eigenvalue weighted by atomic mass is 9.97. The Hall–Kier alpha value is -9.59. The van der Waals surface area contributed by atoms with Gasteiger partial charge in [0.2, 0.25) is 17.7 Å². The van der Waals surface area contributed by atoms with Crippen molar-refractivity contribution < 1.29 is 49.5 Å². The molecule has 1 atom stereocenters. The second-order valence-corrected chi connectivity index (χ2v) is 20.7. The van der Waals surface area contributed by atoms with Crippen LogP contribution in [0.4, 0.5) is 52.6 Å². The number of amides is 3. The Bertz CT molecular complexity index is 3990. The first-order chi connectivity index (χ1) is 40.3. The van der Waals surface area contributed by atoms with E-state index in [-0.39, 0.29) is 48.7 Å². The van der Waals surface area contributed by atoms with Crippen LogP contribution in [0.3, 0.4) is 0 Å². The average Bonchev–Trinajstić information content (AvgIpc) is 1.80. The minimum absolute atomic E-state index is 0.125. The molecule has 9 aromatic rings. The van der Waals surface area contributed by atoms with Crippen LogP contribution >= 0.6 is 11.6 Å². The number of nitrogens with zero attached hydrogens (tertiary/aromatic N) is 11. The van der Waals surface area contributed by atoms with E-state index in [4.69, 9.17) is 18.0 Å². The predicted octanol–water partition coefficient (Wildman–Crippen LogP) is 8.62. The molecule has 1 saturated heterocycles. The SMILES string of the molecule is C#CCNC(=O)C(C)(C)Nc1ccnc(-c2c[nH]c3ncc(Cl)cc23)n1.CC1(C(=O)NCC(F)(F)F)CCCN1c1nc(-c2c[nH]c3ncccc23)ncc1F.CN(c1nc(-c2c[nH]c3ncccc23)ncc1F)C1(C(=O)NCC(F)(F)F)CC1. The number of nitrogens with one attached hydrogen (secondary N) is 7. The van der Waals surface area contributed by atoms with Gasteiger partial charge in [-0.2, -0.15) is 26.3 Å². The number of fused-ring (bicyclic) bond motifs is 3. The van der Waals surface area contributed by atoms with Gasteiger partial charge in [0.05, 0.1) is 24.0 Å². The molecule has 0 bridgehead atoms. The molecule has 1 aliphatic heterocycles. The Morgan fingerprint density at radius 1 is 0.706 bits per heavy atom. The molecular weight excluding hydrogens is 1150 g/mol. The molecule has 7 N–H and O–H groups in total. The fraction of sp³-hybridized carbons (Fsp3) is 0.309. The van der Waals surface area contributed by atoms with Gasteiger partial charge in [-0.15, -0.1) is 6.42 Å². The molecule has 85 heavy (non-hydrogen) atoms. The van der Waals surface area contributed by atoms with Crippen LogP contribution in [0.25, 0.3) is 67.3 Å². The summed E-state index contributed by atoms with van der Waals surface area (Å²) in [4.78, 5) is 86.9. The largest absolute Gasteiger partial charge is 0.405 e. The van der Waals surface area contributed by atoms with Crippen molar-refractivity contribution in [2.75, 3.05) is 48.3 Å². The van der Waals surface area contributed by atoms with Crippen LogP contribution in [0.1, 0.15) is 46.5 Å². The summed E-state index contributed by atoms with van der Waals surface area (Å²) < 4.78 is 104. The van der Waals surface area contributed by atoms with Crippen molar-refractivity contribution >= 4 is 79.9 Å². The van der Waals surface area contributed by atoms with E-state index < -0.39 is 65.5 Å². The molecule has 10 heterocycles. The van der Waals surface area contributed by atoms with Crippen LogP contribution in [0.2, 0.25) is 5.02 Å². The number of aromatic amines is 3. The number of terminal acetylenes is 1. The van der Waals surface area contributed by atoms with Crippen molar-refractivity contribution in [1.82, 2.24) is 75.8 Å². The molecule has 0 radical (unpaired) electrons. The molecule has 1 saturated carbocycles. The first-order valence-corrected chi connectivity index (χ1v) is 26.3. The van der Waals surface area contributed by atoms with Gasteiger partial charge in [-0.3, -0.25) is 14.4 Å². The van der Waals surface area contributed by atoms with Crippen molar-refractivity contribution in [3.8, 4) is 46.5 Å². The Balaban J connectivity index is 0.000000153. The smallest absolute Gasteiger partial charge is 0.356 e. The monoisotopic (exact) mass is 1200 g/mol. The third kappa shape index (κ3) is 13.3. The number of anilines is 3. The molecule has 9 aromatic heterocycles. The van der Waals surface area contributed by atoms with E-state index in [0.29, 0.717) is 64.0 Å². The van der Waals surface area contributed by atoms with Gasteiger partial charge in [-0.25, -0.2) is 53.6 Å². The number of carbonyl (C=O) groups is 3. The lowest BCUT2D eigenvalue weighted by Crippen LogP contribution is -2.55. The number of hydrogen-bond donors (Lipinski definition) is 7. The van der Waals surface area contributed by atoms with Gasteiger partial charge >= 0.3 is 12.4 Å². The topological polar surface area (TPSA) is 269 Å². The van der Waals surface area contributed by atoms with Crippen molar-refractivity contribution in [1.29, 1.82) is 0 Å². The van der Waals surface area contributed by atoms with Gasteiger partial charge in [0.1, 0.15) is 52.5 Å². The van der Waals surface area contributed by atoms with Crippen LogP contribution in [-0.4, -0.2) is 140 Å². The third-order valence-electron chi connectivity index (χ3n) is 14.0. The van der Waals surface area contributed by atoms with E-state index in [1.807, 2.05) is 16.7 Å². The first kappa shape index (κ1) is 60.0. The van der Waals surface area contributed by atoms with E-state index in [0.717, 1.165) is 34.1 Å². The van der Waals surface area contributed by atoms with Gasteiger partial charge in [0.25, 0.3) is 0 Å². The van der Waals surface area contributed by atoms with Gasteiger partial charge in [0.15, 0.2) is 40.7 Å². The summed E-state index contributed by atoms with van der Waals surface area (Å²) in [5.41, 5.74) is 0.353. The lowest BCUT2D eigenvalue weighted by Gasteiger charge is -2.35. The summed E-state index contributed by atoms with van der Waals surface area (Å²) in [7, 11) is 1.44. The van der Waals surface area contributed by atoms with Crippen molar-refractivity contribution in [3.63, 3.8) is 0 Å². The zero-order valence-corrected chi connectivity index (χ0v) is 46.2. The normalized spacial score (nSPS) is 15.5. The fourth-order valence-electron chi connectivity index (χ4n) is 9.42. The maximum atomic E-state index is 14.7. The van der Waals surface area contributed by atoms with E-state index in [2.05, 4.69) is 76.4 Å². The molecule has 30 heteroatoms. The van der Waals surface area contributed by atoms with Crippen LogP contribution in [0, 0.1) is 24.0 Å². The second-order valence-electron chi connectivity index (χ2n) is 20.3. The first-order valence-electron chi connectivity index (χ1n) is 25.9. The zero-order valence-electron chi connectivity index (χ0n) is 45.4. The van der Waals surface area contributed by atoms with E-state index in [9.17, 15) is 49.5 Å². The Morgan fingerprint density at radius 3 is 1.85 bits per heavy atom. The molecule has 0 spiro atoms. The highest BCUT2D eigenvalue weighted by Gasteiger charge is 2.55. The summed E-state index contributed by atoms with van der Waals surface area (Å²) in [6, 6.07) is 10.6. The Morgan fingerprint density at radius 2 is 1.26 bits per heavy atom. The summed E-state index contributed by atoms with van der Waals surface area (Å²) in [6.07, 6.45) is 10.9. The molecule has 21 nitrogen and oxygen atoms in total. The van der Waals surface area contributed by atoms with E-state index in [1.54, 1.807) is 87.6 Å². The van der Waals surface area contributed by atoms with Gasteiger partial charge in [0, 0.05) is 89.8 Å². The molecular formula is C55H51ClF8N18O3. The minimum Gasteiger partial charge on any atom is -0.356 e. The summed E-state index contributed by atoms with van der Waals surface area (Å²) in [6.45, 7) is 2.53. The summed E-state index contributed by atoms with van der Waals surface area (Å²) in [5.74, 6) is 0.134. The standard InChI is InChI=1S/C19H18F4N6O.C18H17ClN6O.C18H16F4N6O/c1-18(17(30)27-10-19(21,22)23)5-3-7-29(18)16-13(20)9-26-15(28-16)12-8-25-14-11(12)4-2-6-24-14;1-4-6-21-17(26)18(2,3)25-14-5-7-20-16(24-14)13-10-23-15-12(13)8-11(19)9-22-15;1-28(17(4-5-17)16(29)26-9-18(20,21)22)15-12(19)8-25-14(27-15)11-7-24-13-10(11)3-2-6-23-13/h2,4,6,8-9H,3,5,7,10H2,1H3,(H,24,25)(H,27,30);1,5,7-10H,6H2,2-3H3,(H,21,26)(H,22,23)(H,20,24,25);2-3,6-8H,4-5,9H2,1H3,(H,23,24)(H,26,29). The number of alkyl halides is 6. The van der Waals surface area contributed by atoms with E-state index in [1.165, 1.54) is 23.8 Å². The minimum atomic E-state index is -4.54.